The zero-order valence-electron chi connectivity index (χ0n) is 18.6. The highest BCUT2D eigenvalue weighted by atomic mass is 19.1. The molecule has 0 saturated heterocycles. The summed E-state index contributed by atoms with van der Waals surface area (Å²) < 4.78 is 21.7. The second-order valence-electron chi connectivity index (χ2n) is 8.91. The maximum atomic E-state index is 14.2. The highest BCUT2D eigenvalue weighted by molar-refractivity contribution is 6.05. The molecule has 7 nitrogen and oxygen atoms in total. The van der Waals surface area contributed by atoms with Crippen molar-refractivity contribution >= 4 is 22.5 Å². The number of hydrogen-bond acceptors (Lipinski definition) is 5. The number of fused-ring (bicyclic) bond motifs is 1. The molecule has 4 rings (SSSR count). The van der Waals surface area contributed by atoms with Crippen molar-refractivity contribution in [2.45, 2.75) is 51.2 Å². The first-order valence-corrected chi connectivity index (χ1v) is 10.9. The zero-order valence-corrected chi connectivity index (χ0v) is 18.6. The maximum Gasteiger partial charge on any atom is 0.274 e. The maximum absolute atomic E-state index is 14.2. The molecule has 32 heavy (non-hydrogen) atoms. The van der Waals surface area contributed by atoms with Crippen LogP contribution in [0.1, 0.15) is 61.8 Å². The third kappa shape index (κ3) is 4.60. The van der Waals surface area contributed by atoms with Gasteiger partial charge in [0.15, 0.2) is 0 Å². The number of carbonyl (C=O) groups excluding carboxylic acids is 1. The minimum atomic E-state index is -1.64. The smallest absolute Gasteiger partial charge is 0.274 e. The number of aliphatic hydroxyl groups excluding tert-OH is 1. The summed E-state index contributed by atoms with van der Waals surface area (Å²) in [5.41, 5.74) is -0.0298. The number of methoxy groups -OCH3 is 1. The zero-order chi connectivity index (χ0) is 22.9. The Morgan fingerprint density at radius 1 is 1.28 bits per heavy atom. The minimum absolute atomic E-state index is 0.131. The van der Waals surface area contributed by atoms with E-state index in [0.717, 1.165) is 36.6 Å². The molecule has 2 heterocycles. The van der Waals surface area contributed by atoms with Gasteiger partial charge in [-0.1, -0.05) is 6.07 Å². The number of hydrogen-bond donors (Lipinski definition) is 2. The van der Waals surface area contributed by atoms with Crippen LogP contribution in [0.15, 0.2) is 36.5 Å². The van der Waals surface area contributed by atoms with Gasteiger partial charge in [-0.2, -0.15) is 5.10 Å². The fourth-order valence-corrected chi connectivity index (χ4v) is 4.20. The van der Waals surface area contributed by atoms with E-state index in [4.69, 9.17) is 9.84 Å². The van der Waals surface area contributed by atoms with Crippen LogP contribution in [-0.4, -0.2) is 39.5 Å². The van der Waals surface area contributed by atoms with E-state index in [1.165, 1.54) is 21.0 Å². The lowest BCUT2D eigenvalue weighted by Crippen LogP contribution is -2.20. The van der Waals surface area contributed by atoms with Gasteiger partial charge in [-0.25, -0.2) is 9.37 Å². The third-order valence-electron chi connectivity index (χ3n) is 6.13. The van der Waals surface area contributed by atoms with Crippen molar-refractivity contribution in [3.05, 3.63) is 47.9 Å². The van der Waals surface area contributed by atoms with Crippen LogP contribution in [0.5, 0.6) is 5.75 Å². The Kier molecular flexibility index (Phi) is 6.15. The molecule has 0 aliphatic heterocycles. The number of nitrogens with zero attached hydrogens (tertiary/aromatic N) is 3. The van der Waals surface area contributed by atoms with Gasteiger partial charge in [-0.15, -0.1) is 0 Å². The number of aromatic nitrogens is 3. The van der Waals surface area contributed by atoms with Gasteiger partial charge in [0.25, 0.3) is 5.91 Å². The fraction of sp³-hybridized carbons (Fsp3) is 0.458. The Morgan fingerprint density at radius 2 is 2.03 bits per heavy atom. The molecule has 0 atom stereocenters. The van der Waals surface area contributed by atoms with Gasteiger partial charge in [0.05, 0.1) is 30.0 Å². The molecule has 0 unspecified atom stereocenters. The molecule has 1 fully saturated rings. The van der Waals surface area contributed by atoms with Gasteiger partial charge in [-0.05, 0) is 63.6 Å². The molecule has 170 valence electrons. The molecule has 0 radical (unpaired) electrons. The Balaban J connectivity index is 1.58. The number of halogens is 1. The molecule has 1 aliphatic carbocycles. The van der Waals surface area contributed by atoms with E-state index >= 15 is 0 Å². The van der Waals surface area contributed by atoms with Crippen LogP contribution in [0.25, 0.3) is 10.9 Å². The monoisotopic (exact) mass is 440 g/mol. The van der Waals surface area contributed by atoms with Crippen molar-refractivity contribution in [2.75, 3.05) is 19.0 Å². The number of ether oxygens (including phenoxy) is 1. The molecule has 1 aromatic carbocycles. The third-order valence-corrected chi connectivity index (χ3v) is 6.13. The van der Waals surface area contributed by atoms with Crippen LogP contribution >= 0.6 is 0 Å². The van der Waals surface area contributed by atoms with Crippen molar-refractivity contribution in [1.82, 2.24) is 14.8 Å². The molecule has 2 aromatic heterocycles. The molecule has 0 spiro atoms. The second-order valence-corrected chi connectivity index (χ2v) is 8.91. The Morgan fingerprint density at radius 3 is 2.69 bits per heavy atom. The molecule has 3 aromatic rings. The number of carbonyl (C=O) groups is 1. The Labute approximate surface area is 186 Å². The van der Waals surface area contributed by atoms with Gasteiger partial charge >= 0.3 is 0 Å². The SMILES string of the molecule is COc1cc2nn(C3CCC(CO)CC3)cc2cc1NC(=O)c1cccc(C(C)(C)F)n1. The average molecular weight is 441 g/mol. The highest BCUT2D eigenvalue weighted by Crippen LogP contribution is 2.35. The quantitative estimate of drug-likeness (QED) is 0.584. The van der Waals surface area contributed by atoms with Gasteiger partial charge in [0.2, 0.25) is 0 Å². The molecular formula is C24H29FN4O3. The van der Waals surface area contributed by atoms with Gasteiger partial charge in [0, 0.05) is 24.3 Å². The van der Waals surface area contributed by atoms with Crippen molar-refractivity contribution in [3.8, 4) is 5.75 Å². The molecule has 1 amide bonds. The largest absolute Gasteiger partial charge is 0.494 e. The van der Waals surface area contributed by atoms with Crippen LogP contribution < -0.4 is 10.1 Å². The van der Waals surface area contributed by atoms with E-state index in [2.05, 4.69) is 10.3 Å². The van der Waals surface area contributed by atoms with E-state index < -0.39 is 11.6 Å². The summed E-state index contributed by atoms with van der Waals surface area (Å²) in [4.78, 5) is 17.0. The van der Waals surface area contributed by atoms with E-state index in [1.807, 2.05) is 16.9 Å². The number of pyridine rings is 1. The van der Waals surface area contributed by atoms with Crippen LogP contribution in [-0.2, 0) is 5.67 Å². The van der Waals surface area contributed by atoms with Gasteiger partial charge in [0.1, 0.15) is 17.1 Å². The first-order chi connectivity index (χ1) is 15.3. The average Bonchev–Trinajstić information content (AvgIpc) is 3.21. The first kappa shape index (κ1) is 22.2. The normalized spacial score (nSPS) is 19.2. The minimum Gasteiger partial charge on any atom is -0.494 e. The molecule has 0 bridgehead atoms. The predicted molar refractivity (Wildman–Crippen MR) is 121 cm³/mol. The fourth-order valence-electron chi connectivity index (χ4n) is 4.20. The summed E-state index contributed by atoms with van der Waals surface area (Å²) in [6.45, 7) is 3.05. The number of rotatable bonds is 6. The summed E-state index contributed by atoms with van der Waals surface area (Å²) in [7, 11) is 1.54. The lowest BCUT2D eigenvalue weighted by molar-refractivity contribution is 0.102. The van der Waals surface area contributed by atoms with Crippen LogP contribution in [0, 0.1) is 5.92 Å². The second kappa shape index (κ2) is 8.86. The van der Waals surface area contributed by atoms with Crippen LogP contribution in [0.3, 0.4) is 0 Å². The Bertz CT molecular complexity index is 1110. The summed E-state index contributed by atoms with van der Waals surface area (Å²) in [6.07, 6.45) is 5.92. The number of anilines is 1. The van der Waals surface area contributed by atoms with Crippen molar-refractivity contribution in [1.29, 1.82) is 0 Å². The summed E-state index contributed by atoms with van der Waals surface area (Å²) >= 11 is 0. The molecule has 1 saturated carbocycles. The molecular weight excluding hydrogens is 411 g/mol. The van der Waals surface area contributed by atoms with Crippen molar-refractivity contribution in [2.24, 2.45) is 5.92 Å². The molecule has 2 N–H and O–H groups in total. The van der Waals surface area contributed by atoms with Gasteiger partial charge in [-0.3, -0.25) is 9.48 Å². The predicted octanol–water partition coefficient (Wildman–Crippen LogP) is 4.62. The number of benzene rings is 1. The van der Waals surface area contributed by atoms with Gasteiger partial charge < -0.3 is 15.2 Å². The number of aliphatic hydroxyl groups is 1. The topological polar surface area (TPSA) is 89.3 Å². The van der Waals surface area contributed by atoms with E-state index in [1.54, 1.807) is 24.3 Å². The van der Waals surface area contributed by atoms with Crippen molar-refractivity contribution in [3.63, 3.8) is 0 Å². The number of nitrogens with one attached hydrogen (secondary N) is 1. The lowest BCUT2D eigenvalue weighted by Gasteiger charge is -2.27. The van der Waals surface area contributed by atoms with E-state index in [9.17, 15) is 14.3 Å². The number of amides is 1. The first-order valence-electron chi connectivity index (χ1n) is 10.9. The molecule has 8 heteroatoms. The lowest BCUT2D eigenvalue weighted by atomic mass is 9.87. The van der Waals surface area contributed by atoms with E-state index in [-0.39, 0.29) is 18.0 Å². The number of alkyl halides is 1. The molecule has 1 aliphatic rings. The van der Waals surface area contributed by atoms with Crippen LogP contribution in [0.4, 0.5) is 10.1 Å². The summed E-state index contributed by atoms with van der Waals surface area (Å²) in [5, 5.41) is 17.8. The van der Waals surface area contributed by atoms with Crippen molar-refractivity contribution < 1.29 is 19.0 Å². The summed E-state index contributed by atoms with van der Waals surface area (Å²) in [5.74, 6) is 0.429. The summed E-state index contributed by atoms with van der Waals surface area (Å²) in [6, 6.07) is 8.66. The highest BCUT2D eigenvalue weighted by Gasteiger charge is 2.24. The van der Waals surface area contributed by atoms with E-state index in [0.29, 0.717) is 23.4 Å². The standard InChI is InChI=1S/C24H29FN4O3/c1-24(2,25)22-6-4-5-18(26-22)23(31)27-20-11-16-13-29(28-19(16)12-21(20)32-3)17-9-7-15(14-30)8-10-17/h4-6,11-13,15,17,30H,7-10,14H2,1-3H3,(H,27,31). The van der Waals surface area contributed by atoms with Crippen LogP contribution in [0.2, 0.25) is 0 Å². The Hall–Kier alpha value is -3.00.